The average molecular weight is 558 g/mol. The highest BCUT2D eigenvalue weighted by atomic mass is 35.5. The van der Waals surface area contributed by atoms with Crippen LogP contribution in [0.5, 0.6) is 0 Å². The highest BCUT2D eigenvalue weighted by molar-refractivity contribution is 7.99. The minimum absolute atomic E-state index is 0.00315. The lowest BCUT2D eigenvalue weighted by atomic mass is 10.0. The molecule has 0 aliphatic heterocycles. The third-order valence-electron chi connectivity index (χ3n) is 6.19. The zero-order chi connectivity index (χ0) is 26.8. The van der Waals surface area contributed by atoms with Crippen molar-refractivity contribution in [1.29, 1.82) is 0 Å². The fraction of sp³-hybridized carbons (Fsp3) is 0.333. The van der Waals surface area contributed by atoms with Crippen molar-refractivity contribution in [3.8, 4) is 0 Å². The van der Waals surface area contributed by atoms with E-state index in [2.05, 4.69) is 30.4 Å². The van der Waals surface area contributed by atoms with Gasteiger partial charge in [-0.1, -0.05) is 96.4 Å². The van der Waals surface area contributed by atoms with E-state index in [-0.39, 0.29) is 30.2 Å². The van der Waals surface area contributed by atoms with Gasteiger partial charge in [-0.2, -0.15) is 0 Å². The van der Waals surface area contributed by atoms with Gasteiger partial charge in [0.25, 0.3) is 0 Å². The number of hydrogen-bond donors (Lipinski definition) is 1. The van der Waals surface area contributed by atoms with Gasteiger partial charge in [0.05, 0.1) is 15.8 Å². The van der Waals surface area contributed by atoms with Crippen LogP contribution in [0.1, 0.15) is 42.5 Å². The molecule has 37 heavy (non-hydrogen) atoms. The van der Waals surface area contributed by atoms with Gasteiger partial charge in [-0.3, -0.25) is 9.59 Å². The van der Waals surface area contributed by atoms with Crippen LogP contribution in [0.2, 0.25) is 10.0 Å². The Morgan fingerprint density at radius 3 is 2.32 bits per heavy atom. The number of carbonyl (C=O) groups excluding carboxylic acids is 2. The second-order valence-corrected chi connectivity index (χ2v) is 11.1. The number of aryl methyl sites for hydroxylation is 1. The number of nitrogens with one attached hydrogen (secondary N) is 1. The summed E-state index contributed by atoms with van der Waals surface area (Å²) in [5.74, 6) is 0.729. The molecule has 7 heteroatoms. The van der Waals surface area contributed by atoms with Gasteiger partial charge in [0.1, 0.15) is 6.04 Å². The fourth-order valence-electron chi connectivity index (χ4n) is 3.97. The molecule has 0 aliphatic rings. The highest BCUT2D eigenvalue weighted by Gasteiger charge is 2.31. The van der Waals surface area contributed by atoms with E-state index in [9.17, 15) is 9.59 Å². The Kier molecular flexibility index (Phi) is 11.4. The van der Waals surface area contributed by atoms with Crippen LogP contribution in [-0.2, 0) is 28.3 Å². The van der Waals surface area contributed by atoms with Crippen LogP contribution in [0.15, 0.2) is 72.8 Å². The maximum Gasteiger partial charge on any atom is 0.243 e. The zero-order valence-electron chi connectivity index (χ0n) is 21.5. The van der Waals surface area contributed by atoms with Crippen molar-refractivity contribution in [2.45, 2.75) is 58.0 Å². The molecule has 3 aromatic carbocycles. The molecule has 2 amide bonds. The first-order valence-electron chi connectivity index (χ1n) is 12.5. The van der Waals surface area contributed by atoms with Crippen LogP contribution in [0, 0.1) is 6.92 Å². The second kappa shape index (κ2) is 14.5. The molecule has 0 radical (unpaired) electrons. The molecule has 1 N–H and O–H groups in total. The number of benzene rings is 3. The molecular formula is C30H34Cl2N2O2S. The summed E-state index contributed by atoms with van der Waals surface area (Å²) in [6.07, 6.45) is 1.22. The van der Waals surface area contributed by atoms with Crippen molar-refractivity contribution in [3.63, 3.8) is 0 Å². The Morgan fingerprint density at radius 1 is 0.919 bits per heavy atom. The highest BCUT2D eigenvalue weighted by Crippen LogP contribution is 2.25. The Balaban J connectivity index is 1.88. The number of rotatable bonds is 12. The van der Waals surface area contributed by atoms with E-state index >= 15 is 0 Å². The van der Waals surface area contributed by atoms with E-state index < -0.39 is 6.04 Å². The quantitative estimate of drug-likeness (QED) is 0.259. The molecule has 0 aromatic heterocycles. The molecular weight excluding hydrogens is 523 g/mol. The van der Waals surface area contributed by atoms with Crippen LogP contribution >= 0.6 is 35.0 Å². The molecule has 4 nitrogen and oxygen atoms in total. The van der Waals surface area contributed by atoms with Crippen LogP contribution in [-0.4, -0.2) is 34.6 Å². The third kappa shape index (κ3) is 9.10. The van der Waals surface area contributed by atoms with Gasteiger partial charge in [0, 0.05) is 24.8 Å². The predicted octanol–water partition coefficient (Wildman–Crippen LogP) is 7.09. The number of nitrogens with zero attached hydrogens (tertiary/aromatic N) is 1. The normalized spacial score (nSPS) is 12.6. The Bertz CT molecular complexity index is 1190. The maximum atomic E-state index is 13.7. The number of halogens is 2. The van der Waals surface area contributed by atoms with E-state index in [4.69, 9.17) is 23.2 Å². The summed E-state index contributed by atoms with van der Waals surface area (Å²) in [5, 5.41) is 3.96. The molecule has 0 saturated heterocycles. The first-order chi connectivity index (χ1) is 17.8. The molecule has 2 atom stereocenters. The topological polar surface area (TPSA) is 49.4 Å². The SMILES string of the molecule is CC[C@@H](C)NC(=O)[C@H](Cc1ccccc1)N(Cc1ccc(Cl)c(Cl)c1)C(=O)CSCc1cccc(C)c1. The van der Waals surface area contributed by atoms with Crippen molar-refractivity contribution in [2.24, 2.45) is 0 Å². The minimum Gasteiger partial charge on any atom is -0.352 e. The van der Waals surface area contributed by atoms with Crippen molar-refractivity contribution >= 4 is 46.8 Å². The van der Waals surface area contributed by atoms with Crippen LogP contribution < -0.4 is 5.32 Å². The molecule has 0 fully saturated rings. The summed E-state index contributed by atoms with van der Waals surface area (Å²) in [4.78, 5) is 28.9. The van der Waals surface area contributed by atoms with Gasteiger partial charge in [-0.15, -0.1) is 11.8 Å². The lowest BCUT2D eigenvalue weighted by Crippen LogP contribution is -2.52. The number of hydrogen-bond acceptors (Lipinski definition) is 3. The largest absolute Gasteiger partial charge is 0.352 e. The molecule has 0 aliphatic carbocycles. The average Bonchev–Trinajstić information content (AvgIpc) is 2.88. The lowest BCUT2D eigenvalue weighted by molar-refractivity contribution is -0.139. The van der Waals surface area contributed by atoms with Gasteiger partial charge in [0.15, 0.2) is 0 Å². The van der Waals surface area contributed by atoms with E-state index in [1.54, 1.807) is 28.8 Å². The van der Waals surface area contributed by atoms with Gasteiger partial charge in [0.2, 0.25) is 11.8 Å². The van der Waals surface area contributed by atoms with Crippen molar-refractivity contribution in [1.82, 2.24) is 10.2 Å². The van der Waals surface area contributed by atoms with E-state index in [1.807, 2.05) is 56.3 Å². The van der Waals surface area contributed by atoms with Crippen molar-refractivity contribution < 1.29 is 9.59 Å². The van der Waals surface area contributed by atoms with Gasteiger partial charge < -0.3 is 10.2 Å². The van der Waals surface area contributed by atoms with Crippen molar-refractivity contribution in [3.05, 3.63) is 105 Å². The zero-order valence-corrected chi connectivity index (χ0v) is 23.9. The maximum absolute atomic E-state index is 13.7. The predicted molar refractivity (Wildman–Crippen MR) is 156 cm³/mol. The lowest BCUT2D eigenvalue weighted by Gasteiger charge is -2.32. The summed E-state index contributed by atoms with van der Waals surface area (Å²) >= 11 is 14.0. The molecule has 0 spiro atoms. The summed E-state index contributed by atoms with van der Waals surface area (Å²) in [6.45, 7) is 6.31. The van der Waals surface area contributed by atoms with Crippen LogP contribution in [0.4, 0.5) is 0 Å². The van der Waals surface area contributed by atoms with Crippen molar-refractivity contribution in [2.75, 3.05) is 5.75 Å². The molecule has 0 saturated carbocycles. The number of amides is 2. The summed E-state index contributed by atoms with van der Waals surface area (Å²) in [7, 11) is 0. The first kappa shape index (κ1) is 29.1. The van der Waals surface area contributed by atoms with Gasteiger partial charge >= 0.3 is 0 Å². The summed E-state index contributed by atoms with van der Waals surface area (Å²) in [6, 6.07) is 22.7. The van der Waals surface area contributed by atoms with Gasteiger partial charge in [-0.05, 0) is 49.1 Å². The van der Waals surface area contributed by atoms with Gasteiger partial charge in [-0.25, -0.2) is 0 Å². The second-order valence-electron chi connectivity index (χ2n) is 9.28. The monoisotopic (exact) mass is 556 g/mol. The Hall–Kier alpha value is -2.47. The Morgan fingerprint density at radius 2 is 1.65 bits per heavy atom. The first-order valence-corrected chi connectivity index (χ1v) is 14.4. The minimum atomic E-state index is -0.669. The molecule has 3 aromatic rings. The summed E-state index contributed by atoms with van der Waals surface area (Å²) in [5.41, 5.74) is 4.17. The van der Waals surface area contributed by atoms with E-state index in [1.165, 1.54) is 11.1 Å². The molecule has 0 heterocycles. The summed E-state index contributed by atoms with van der Waals surface area (Å²) < 4.78 is 0. The molecule has 196 valence electrons. The number of carbonyl (C=O) groups is 2. The van der Waals surface area contributed by atoms with Crippen LogP contribution in [0.25, 0.3) is 0 Å². The number of thioether (sulfide) groups is 1. The molecule has 0 unspecified atom stereocenters. The van der Waals surface area contributed by atoms with E-state index in [0.29, 0.717) is 16.5 Å². The molecule has 3 rings (SSSR count). The standard InChI is InChI=1S/C30H34Cl2N2O2S/c1-4-22(3)33-30(36)28(17-23-10-6-5-7-11-23)34(18-24-13-14-26(31)27(32)16-24)29(35)20-37-19-25-12-8-9-21(2)15-25/h5-16,22,28H,4,17-20H2,1-3H3,(H,33,36)/t22-,28+/m1/s1. The smallest absolute Gasteiger partial charge is 0.243 e. The molecule has 0 bridgehead atoms. The fourth-order valence-corrected chi connectivity index (χ4v) is 5.15. The third-order valence-corrected chi connectivity index (χ3v) is 7.91. The Labute approximate surface area is 234 Å². The van der Waals surface area contributed by atoms with E-state index in [0.717, 1.165) is 23.3 Å². The van der Waals surface area contributed by atoms with Crippen LogP contribution in [0.3, 0.4) is 0 Å².